The fourth-order valence-corrected chi connectivity index (χ4v) is 3.53. The second-order valence-electron chi connectivity index (χ2n) is 5.49. The van der Waals surface area contributed by atoms with Crippen LogP contribution in [0.2, 0.25) is 0 Å². The van der Waals surface area contributed by atoms with Crippen LogP contribution in [0.1, 0.15) is 23.7 Å². The summed E-state index contributed by atoms with van der Waals surface area (Å²) in [5.41, 5.74) is 1.22. The molecule has 22 heavy (non-hydrogen) atoms. The maximum Gasteiger partial charge on any atom is 0.223 e. The Morgan fingerprint density at radius 2 is 2.32 bits per heavy atom. The van der Waals surface area contributed by atoms with Gasteiger partial charge in [-0.2, -0.15) is 5.10 Å². The summed E-state index contributed by atoms with van der Waals surface area (Å²) in [5.74, 6) is 1.36. The first-order chi connectivity index (χ1) is 10.6. The monoisotopic (exact) mass is 380 g/mol. The number of halogens is 1. The highest BCUT2D eigenvalue weighted by atomic mass is 79.9. The molecule has 1 aromatic heterocycles. The first kappa shape index (κ1) is 15.4. The largest absolute Gasteiger partial charge is 0.354 e. The molecule has 3 rings (SSSR count). The summed E-state index contributed by atoms with van der Waals surface area (Å²) in [7, 11) is 0. The molecule has 2 aromatic rings. The molecule has 1 fully saturated rings. The molecule has 0 radical (unpaired) electrons. The minimum atomic E-state index is 0.0807. The van der Waals surface area contributed by atoms with Gasteiger partial charge in [-0.15, -0.1) is 0 Å². The van der Waals surface area contributed by atoms with Crippen molar-refractivity contribution < 1.29 is 4.79 Å². The molecule has 0 aliphatic heterocycles. The second kappa shape index (κ2) is 6.34. The van der Waals surface area contributed by atoms with Crippen LogP contribution < -0.4 is 5.32 Å². The maximum absolute atomic E-state index is 12.2. The summed E-state index contributed by atoms with van der Waals surface area (Å²) >= 11 is 8.69. The van der Waals surface area contributed by atoms with Crippen LogP contribution in [0.5, 0.6) is 0 Å². The number of hydrogen-bond donors (Lipinski definition) is 2. The lowest BCUT2D eigenvalue weighted by Crippen LogP contribution is -2.29. The molecule has 1 saturated carbocycles. The lowest BCUT2D eigenvalue weighted by atomic mass is 10.1. The Morgan fingerprint density at radius 1 is 1.55 bits per heavy atom. The van der Waals surface area contributed by atoms with E-state index in [4.69, 9.17) is 12.2 Å². The fourth-order valence-electron chi connectivity index (χ4n) is 2.69. The summed E-state index contributed by atoms with van der Waals surface area (Å²) < 4.78 is 3.55. The summed E-state index contributed by atoms with van der Waals surface area (Å²) in [4.78, 5) is 12.2. The van der Waals surface area contributed by atoms with Crippen molar-refractivity contribution in [3.63, 3.8) is 0 Å². The van der Waals surface area contributed by atoms with Crippen molar-refractivity contribution in [2.24, 2.45) is 5.92 Å². The third-order valence-electron chi connectivity index (χ3n) is 4.02. The lowest BCUT2D eigenvalue weighted by molar-refractivity contribution is -0.122. The van der Waals surface area contributed by atoms with E-state index < -0.39 is 0 Å². The van der Waals surface area contributed by atoms with Gasteiger partial charge in [0.2, 0.25) is 5.91 Å². The van der Waals surface area contributed by atoms with Gasteiger partial charge in [0.05, 0.1) is 0 Å². The van der Waals surface area contributed by atoms with Crippen molar-refractivity contribution in [3.8, 4) is 0 Å². The van der Waals surface area contributed by atoms with Crippen molar-refractivity contribution >= 4 is 34.1 Å². The van der Waals surface area contributed by atoms with Crippen molar-refractivity contribution in [2.45, 2.75) is 25.8 Å². The van der Waals surface area contributed by atoms with Gasteiger partial charge in [0.1, 0.15) is 5.82 Å². The van der Waals surface area contributed by atoms with Crippen LogP contribution in [0.3, 0.4) is 0 Å². The van der Waals surface area contributed by atoms with Crippen molar-refractivity contribution in [1.82, 2.24) is 20.1 Å². The van der Waals surface area contributed by atoms with Crippen molar-refractivity contribution in [3.05, 3.63) is 44.9 Å². The predicted octanol–water partition coefficient (Wildman–Crippen LogP) is 2.93. The van der Waals surface area contributed by atoms with E-state index >= 15 is 0 Å². The zero-order chi connectivity index (χ0) is 15.7. The van der Waals surface area contributed by atoms with Gasteiger partial charge in [-0.05, 0) is 43.1 Å². The second-order valence-corrected chi connectivity index (χ2v) is 6.73. The Labute approximate surface area is 142 Å². The van der Waals surface area contributed by atoms with Crippen LogP contribution in [0, 0.1) is 17.6 Å². The Kier molecular flexibility index (Phi) is 4.44. The summed E-state index contributed by atoms with van der Waals surface area (Å²) in [6.45, 7) is 3.09. The normalized spacial score (nSPS) is 19.9. The third kappa shape index (κ3) is 3.15. The van der Waals surface area contributed by atoms with Crippen LogP contribution in [-0.4, -0.2) is 27.2 Å². The quantitative estimate of drug-likeness (QED) is 0.783. The Balaban J connectivity index is 1.52. The number of amides is 1. The van der Waals surface area contributed by atoms with E-state index in [0.29, 0.717) is 23.8 Å². The topological polar surface area (TPSA) is 62.7 Å². The van der Waals surface area contributed by atoms with Gasteiger partial charge in [-0.25, -0.2) is 0 Å². The summed E-state index contributed by atoms with van der Waals surface area (Å²) in [5, 5.41) is 9.79. The molecular formula is C15H17BrN4OS. The predicted molar refractivity (Wildman–Crippen MR) is 90.1 cm³/mol. The number of benzene rings is 1. The third-order valence-corrected chi connectivity index (χ3v) is 5.05. The van der Waals surface area contributed by atoms with Crippen LogP contribution in [0.25, 0.3) is 0 Å². The number of hydrogen-bond acceptors (Lipinski definition) is 3. The number of aromatic amines is 1. The molecule has 1 aliphatic rings. The van der Waals surface area contributed by atoms with Crippen LogP contribution in [0.4, 0.5) is 0 Å². The smallest absolute Gasteiger partial charge is 0.223 e. The number of carbonyl (C=O) groups excluding carboxylic acids is 1. The molecule has 1 aliphatic carbocycles. The zero-order valence-corrected chi connectivity index (χ0v) is 14.6. The molecule has 116 valence electrons. The molecule has 2 N–H and O–H groups in total. The minimum Gasteiger partial charge on any atom is -0.354 e. The molecule has 7 heteroatoms. The summed E-state index contributed by atoms with van der Waals surface area (Å²) in [6.07, 6.45) is 0.915. The molecule has 1 amide bonds. The number of nitrogens with one attached hydrogen (secondary N) is 2. The van der Waals surface area contributed by atoms with Gasteiger partial charge in [-0.1, -0.05) is 34.1 Å². The van der Waals surface area contributed by atoms with E-state index in [2.05, 4.69) is 37.5 Å². The van der Waals surface area contributed by atoms with Crippen LogP contribution in [-0.2, 0) is 11.3 Å². The highest BCUT2D eigenvalue weighted by Gasteiger charge is 2.44. The Hall–Kier alpha value is -1.47. The van der Waals surface area contributed by atoms with Crippen molar-refractivity contribution in [1.29, 1.82) is 0 Å². The average Bonchev–Trinajstić information content (AvgIpc) is 3.23. The minimum absolute atomic E-state index is 0.0807. The number of aryl methyl sites for hydroxylation is 1. The SMILES string of the molecule is Cc1n[nH]c(=S)n1CCNC(=O)C1CC1c1ccccc1Br. The molecule has 5 nitrogen and oxygen atoms in total. The number of H-pyrrole nitrogens is 1. The highest BCUT2D eigenvalue weighted by Crippen LogP contribution is 2.49. The van der Waals surface area contributed by atoms with Gasteiger partial charge < -0.3 is 9.88 Å². The maximum atomic E-state index is 12.2. The van der Waals surface area contributed by atoms with Gasteiger partial charge >= 0.3 is 0 Å². The zero-order valence-electron chi connectivity index (χ0n) is 12.2. The van der Waals surface area contributed by atoms with Crippen LogP contribution in [0.15, 0.2) is 28.7 Å². The molecule has 0 bridgehead atoms. The fraction of sp³-hybridized carbons (Fsp3) is 0.400. The molecule has 0 saturated heterocycles. The van der Waals surface area contributed by atoms with E-state index in [1.165, 1.54) is 5.56 Å². The molecular weight excluding hydrogens is 364 g/mol. The van der Waals surface area contributed by atoms with Gasteiger partial charge in [0.25, 0.3) is 0 Å². The molecule has 2 unspecified atom stereocenters. The lowest BCUT2D eigenvalue weighted by Gasteiger charge is -2.07. The Morgan fingerprint density at radius 3 is 3.00 bits per heavy atom. The first-order valence-electron chi connectivity index (χ1n) is 7.22. The molecule has 1 aromatic carbocycles. The molecule has 0 spiro atoms. The standard InChI is InChI=1S/C15H17BrN4OS/c1-9-18-19-15(22)20(9)7-6-17-14(21)12-8-11(12)10-4-2-3-5-13(10)16/h2-5,11-12H,6-8H2,1H3,(H,17,21)(H,19,22). The van der Waals surface area contributed by atoms with Gasteiger partial charge in [-0.3, -0.25) is 9.89 Å². The van der Waals surface area contributed by atoms with Crippen molar-refractivity contribution in [2.75, 3.05) is 6.54 Å². The molecule has 2 atom stereocenters. The van der Waals surface area contributed by atoms with E-state index in [-0.39, 0.29) is 11.8 Å². The van der Waals surface area contributed by atoms with E-state index in [1.807, 2.05) is 29.7 Å². The Bertz CT molecular complexity index is 754. The van der Waals surface area contributed by atoms with E-state index in [0.717, 1.165) is 16.7 Å². The van der Waals surface area contributed by atoms with E-state index in [1.54, 1.807) is 0 Å². The number of nitrogens with zero attached hydrogens (tertiary/aromatic N) is 2. The average molecular weight is 381 g/mol. The number of rotatable bonds is 5. The number of aromatic nitrogens is 3. The first-order valence-corrected chi connectivity index (χ1v) is 8.42. The summed E-state index contributed by atoms with van der Waals surface area (Å²) in [6, 6.07) is 8.10. The van der Waals surface area contributed by atoms with Gasteiger partial charge in [0, 0.05) is 23.5 Å². The van der Waals surface area contributed by atoms with Crippen LogP contribution >= 0.6 is 28.1 Å². The van der Waals surface area contributed by atoms with E-state index in [9.17, 15) is 4.79 Å². The highest BCUT2D eigenvalue weighted by molar-refractivity contribution is 9.10. The number of carbonyl (C=O) groups is 1. The molecule has 1 heterocycles. The van der Waals surface area contributed by atoms with Gasteiger partial charge in [0.15, 0.2) is 4.77 Å².